The van der Waals surface area contributed by atoms with E-state index in [1.54, 1.807) is 0 Å². The minimum atomic E-state index is -0.244. The molecule has 0 aliphatic rings. The van der Waals surface area contributed by atoms with Crippen molar-refractivity contribution < 1.29 is 4.79 Å². The number of aryl methyl sites for hydroxylation is 1. The fourth-order valence-corrected chi connectivity index (χ4v) is 1.91. The van der Waals surface area contributed by atoms with Crippen molar-refractivity contribution >= 4 is 33.3 Å². The molecule has 0 saturated heterocycles. The Morgan fingerprint density at radius 3 is 1.89 bits per heavy atom. The van der Waals surface area contributed by atoms with E-state index in [0.29, 0.717) is 0 Å². The molecule has 0 aliphatic heterocycles. The molecule has 4 heteroatoms. The standard InChI is InChI=1S/C15H15BrN2O/c1-2-11-3-7-13(8-4-11)17-15(19)18-14-9-5-12(16)6-10-14/h3-10H,2H2,1H3,(H2,17,18,19). The number of halogens is 1. The van der Waals surface area contributed by atoms with Crippen LogP contribution in [0.2, 0.25) is 0 Å². The van der Waals surface area contributed by atoms with Crippen LogP contribution in [0.25, 0.3) is 0 Å². The maximum absolute atomic E-state index is 11.8. The first-order chi connectivity index (χ1) is 9.17. The minimum absolute atomic E-state index is 0.244. The molecule has 0 fully saturated rings. The summed E-state index contributed by atoms with van der Waals surface area (Å²) in [5, 5.41) is 5.57. The minimum Gasteiger partial charge on any atom is -0.308 e. The molecule has 98 valence electrons. The van der Waals surface area contributed by atoms with Crippen LogP contribution in [0.4, 0.5) is 16.2 Å². The molecule has 0 spiro atoms. The van der Waals surface area contributed by atoms with E-state index in [2.05, 4.69) is 33.5 Å². The van der Waals surface area contributed by atoms with Gasteiger partial charge in [0.2, 0.25) is 0 Å². The van der Waals surface area contributed by atoms with Crippen molar-refractivity contribution in [2.45, 2.75) is 13.3 Å². The van der Waals surface area contributed by atoms with Gasteiger partial charge in [-0.3, -0.25) is 0 Å². The van der Waals surface area contributed by atoms with Crippen LogP contribution in [0.5, 0.6) is 0 Å². The molecule has 2 N–H and O–H groups in total. The van der Waals surface area contributed by atoms with Gasteiger partial charge in [0.05, 0.1) is 0 Å². The molecule has 0 aromatic heterocycles. The number of rotatable bonds is 3. The van der Waals surface area contributed by atoms with Gasteiger partial charge in [-0.2, -0.15) is 0 Å². The predicted octanol–water partition coefficient (Wildman–Crippen LogP) is 4.66. The molecule has 0 bridgehead atoms. The van der Waals surface area contributed by atoms with E-state index in [0.717, 1.165) is 22.3 Å². The van der Waals surface area contributed by atoms with Crippen molar-refractivity contribution in [3.05, 3.63) is 58.6 Å². The number of amides is 2. The number of carbonyl (C=O) groups is 1. The first-order valence-corrected chi connectivity index (χ1v) is 6.89. The molecule has 2 amide bonds. The topological polar surface area (TPSA) is 41.1 Å². The van der Waals surface area contributed by atoms with Gasteiger partial charge < -0.3 is 10.6 Å². The number of nitrogens with one attached hydrogen (secondary N) is 2. The van der Waals surface area contributed by atoms with Crippen molar-refractivity contribution in [3.8, 4) is 0 Å². The third-order valence-corrected chi connectivity index (χ3v) is 3.25. The van der Waals surface area contributed by atoms with Gasteiger partial charge in [-0.05, 0) is 48.4 Å². The quantitative estimate of drug-likeness (QED) is 0.849. The molecule has 2 aromatic rings. The fourth-order valence-electron chi connectivity index (χ4n) is 1.65. The lowest BCUT2D eigenvalue weighted by Gasteiger charge is -2.08. The van der Waals surface area contributed by atoms with Crippen LogP contribution in [-0.4, -0.2) is 6.03 Å². The highest BCUT2D eigenvalue weighted by Crippen LogP contribution is 2.15. The van der Waals surface area contributed by atoms with Crippen molar-refractivity contribution in [3.63, 3.8) is 0 Å². The molecule has 0 saturated carbocycles. The Kier molecular flexibility index (Phi) is 4.58. The maximum Gasteiger partial charge on any atom is 0.323 e. The monoisotopic (exact) mass is 318 g/mol. The lowest BCUT2D eigenvalue weighted by atomic mass is 10.1. The van der Waals surface area contributed by atoms with Gasteiger partial charge in [0, 0.05) is 15.8 Å². The van der Waals surface area contributed by atoms with Crippen LogP contribution in [0.15, 0.2) is 53.0 Å². The third-order valence-electron chi connectivity index (χ3n) is 2.72. The summed E-state index contributed by atoms with van der Waals surface area (Å²) in [7, 11) is 0. The van der Waals surface area contributed by atoms with Gasteiger partial charge in [-0.25, -0.2) is 4.79 Å². The van der Waals surface area contributed by atoms with Crippen LogP contribution in [0.3, 0.4) is 0 Å². The molecule has 0 atom stereocenters. The van der Waals surface area contributed by atoms with Gasteiger partial charge >= 0.3 is 6.03 Å². The lowest BCUT2D eigenvalue weighted by molar-refractivity contribution is 0.262. The largest absolute Gasteiger partial charge is 0.323 e. The zero-order chi connectivity index (χ0) is 13.7. The van der Waals surface area contributed by atoms with Gasteiger partial charge in [-0.1, -0.05) is 35.0 Å². The molecule has 2 rings (SSSR count). The summed E-state index contributed by atoms with van der Waals surface area (Å²) in [6.45, 7) is 2.10. The van der Waals surface area contributed by atoms with E-state index in [9.17, 15) is 4.79 Å². The van der Waals surface area contributed by atoms with E-state index in [4.69, 9.17) is 0 Å². The molecular weight excluding hydrogens is 304 g/mol. The Labute approximate surface area is 121 Å². The van der Waals surface area contributed by atoms with Crippen molar-refractivity contribution in [1.82, 2.24) is 0 Å². The summed E-state index contributed by atoms with van der Waals surface area (Å²) < 4.78 is 0.980. The van der Waals surface area contributed by atoms with Crippen LogP contribution >= 0.6 is 15.9 Å². The van der Waals surface area contributed by atoms with E-state index in [-0.39, 0.29) is 6.03 Å². The molecular formula is C15H15BrN2O. The third kappa shape index (κ3) is 4.10. The van der Waals surface area contributed by atoms with Crippen molar-refractivity contribution in [1.29, 1.82) is 0 Å². The summed E-state index contributed by atoms with van der Waals surface area (Å²) in [4.78, 5) is 11.8. The summed E-state index contributed by atoms with van der Waals surface area (Å²) in [6, 6.07) is 15.0. The molecule has 0 heterocycles. The summed E-state index contributed by atoms with van der Waals surface area (Å²) in [6.07, 6.45) is 0.991. The Balaban J connectivity index is 1.95. The highest BCUT2D eigenvalue weighted by Gasteiger charge is 2.02. The summed E-state index contributed by atoms with van der Waals surface area (Å²) in [5.41, 5.74) is 2.79. The molecule has 19 heavy (non-hydrogen) atoms. The first-order valence-electron chi connectivity index (χ1n) is 6.10. The molecule has 2 aromatic carbocycles. The Hall–Kier alpha value is -1.81. The SMILES string of the molecule is CCc1ccc(NC(=O)Nc2ccc(Br)cc2)cc1. The zero-order valence-electron chi connectivity index (χ0n) is 10.6. The zero-order valence-corrected chi connectivity index (χ0v) is 12.2. The Bertz CT molecular complexity index is 549. The second-order valence-corrected chi connectivity index (χ2v) is 5.05. The number of urea groups is 1. The first kappa shape index (κ1) is 13.6. The van der Waals surface area contributed by atoms with E-state index in [1.165, 1.54) is 5.56 Å². The van der Waals surface area contributed by atoms with Crippen LogP contribution in [0.1, 0.15) is 12.5 Å². The molecule has 0 radical (unpaired) electrons. The summed E-state index contributed by atoms with van der Waals surface area (Å²) in [5.74, 6) is 0. The van der Waals surface area contributed by atoms with Crippen LogP contribution < -0.4 is 10.6 Å². The van der Waals surface area contributed by atoms with Gasteiger partial charge in [0.15, 0.2) is 0 Å². The maximum atomic E-state index is 11.8. The normalized spacial score (nSPS) is 10.0. The second-order valence-electron chi connectivity index (χ2n) is 4.14. The Morgan fingerprint density at radius 1 is 0.947 bits per heavy atom. The van der Waals surface area contributed by atoms with E-state index >= 15 is 0 Å². The van der Waals surface area contributed by atoms with E-state index in [1.807, 2.05) is 48.5 Å². The van der Waals surface area contributed by atoms with Crippen molar-refractivity contribution in [2.75, 3.05) is 10.6 Å². The number of hydrogen-bond donors (Lipinski definition) is 2. The fraction of sp³-hybridized carbons (Fsp3) is 0.133. The van der Waals surface area contributed by atoms with Crippen molar-refractivity contribution in [2.24, 2.45) is 0 Å². The number of anilines is 2. The van der Waals surface area contributed by atoms with Gasteiger partial charge in [0.1, 0.15) is 0 Å². The molecule has 0 unspecified atom stereocenters. The summed E-state index contributed by atoms with van der Waals surface area (Å²) >= 11 is 3.35. The molecule has 3 nitrogen and oxygen atoms in total. The Morgan fingerprint density at radius 2 is 1.42 bits per heavy atom. The number of benzene rings is 2. The predicted molar refractivity (Wildman–Crippen MR) is 82.6 cm³/mol. The average Bonchev–Trinajstić information content (AvgIpc) is 2.42. The number of carbonyl (C=O) groups excluding carboxylic acids is 1. The second kappa shape index (κ2) is 6.38. The van der Waals surface area contributed by atoms with Crippen LogP contribution in [0, 0.1) is 0 Å². The average molecular weight is 319 g/mol. The number of hydrogen-bond acceptors (Lipinski definition) is 1. The van der Waals surface area contributed by atoms with E-state index < -0.39 is 0 Å². The lowest BCUT2D eigenvalue weighted by Crippen LogP contribution is -2.19. The van der Waals surface area contributed by atoms with Crippen LogP contribution in [-0.2, 0) is 6.42 Å². The molecule has 0 aliphatic carbocycles. The smallest absolute Gasteiger partial charge is 0.308 e. The highest BCUT2D eigenvalue weighted by molar-refractivity contribution is 9.10. The van der Waals surface area contributed by atoms with Gasteiger partial charge in [0.25, 0.3) is 0 Å². The van der Waals surface area contributed by atoms with Gasteiger partial charge in [-0.15, -0.1) is 0 Å². The highest BCUT2D eigenvalue weighted by atomic mass is 79.9.